The molecule has 126 valence electrons. The number of carbonyl (C=O) groups is 2. The zero-order valence-electron chi connectivity index (χ0n) is 13.6. The molecule has 0 spiro atoms. The number of nitrogens with zero attached hydrogens (tertiary/aromatic N) is 1. The third-order valence-corrected chi connectivity index (χ3v) is 4.23. The van der Waals surface area contributed by atoms with Crippen LogP contribution in [0.2, 0.25) is 0 Å². The summed E-state index contributed by atoms with van der Waals surface area (Å²) < 4.78 is 13.2. The zero-order valence-corrected chi connectivity index (χ0v) is 14.4. The fraction of sp³-hybridized carbons (Fsp3) is 0.222. The summed E-state index contributed by atoms with van der Waals surface area (Å²) in [5, 5.41) is 2.81. The van der Waals surface area contributed by atoms with E-state index in [1.165, 1.54) is 28.8 Å². The van der Waals surface area contributed by atoms with Crippen molar-refractivity contribution in [1.82, 2.24) is 4.90 Å². The Balaban J connectivity index is 1.92. The van der Waals surface area contributed by atoms with Gasteiger partial charge < -0.3 is 10.2 Å². The molecule has 0 aliphatic carbocycles. The van der Waals surface area contributed by atoms with Crippen LogP contribution in [0.15, 0.2) is 53.4 Å². The van der Waals surface area contributed by atoms with Gasteiger partial charge in [-0.3, -0.25) is 9.59 Å². The Hall–Kier alpha value is -2.34. The number of nitrogens with one attached hydrogen (secondary N) is 1. The van der Waals surface area contributed by atoms with Crippen molar-refractivity contribution in [2.24, 2.45) is 0 Å². The molecule has 4 nitrogen and oxygen atoms in total. The van der Waals surface area contributed by atoms with Crippen molar-refractivity contribution in [2.75, 3.05) is 25.2 Å². The molecule has 0 saturated heterocycles. The van der Waals surface area contributed by atoms with Gasteiger partial charge in [-0.05, 0) is 36.1 Å². The number of thioether (sulfide) groups is 1. The summed E-state index contributed by atoms with van der Waals surface area (Å²) in [5.41, 5.74) is 1.31. The number of hydrogen-bond acceptors (Lipinski definition) is 3. The Morgan fingerprint density at radius 2 is 1.92 bits per heavy atom. The van der Waals surface area contributed by atoms with Crippen LogP contribution in [0.1, 0.15) is 5.56 Å². The largest absolute Gasteiger partial charge is 0.336 e. The number of amides is 2. The van der Waals surface area contributed by atoms with E-state index in [4.69, 9.17) is 0 Å². The van der Waals surface area contributed by atoms with E-state index in [2.05, 4.69) is 5.32 Å². The van der Waals surface area contributed by atoms with Gasteiger partial charge in [-0.15, -0.1) is 11.8 Å². The van der Waals surface area contributed by atoms with Crippen molar-refractivity contribution in [3.63, 3.8) is 0 Å². The van der Waals surface area contributed by atoms with E-state index in [0.717, 1.165) is 10.6 Å². The van der Waals surface area contributed by atoms with Gasteiger partial charge in [0, 0.05) is 11.9 Å². The van der Waals surface area contributed by atoms with Crippen LogP contribution in [0.4, 0.5) is 10.1 Å². The monoisotopic (exact) mass is 346 g/mol. The van der Waals surface area contributed by atoms with Crippen LogP contribution < -0.4 is 5.32 Å². The lowest BCUT2D eigenvalue weighted by molar-refractivity contribution is -0.132. The minimum Gasteiger partial charge on any atom is -0.336 e. The fourth-order valence-electron chi connectivity index (χ4n) is 2.20. The van der Waals surface area contributed by atoms with Crippen LogP contribution in [0, 0.1) is 5.82 Å². The van der Waals surface area contributed by atoms with Gasteiger partial charge in [-0.2, -0.15) is 0 Å². The molecule has 24 heavy (non-hydrogen) atoms. The Kier molecular flexibility index (Phi) is 6.37. The summed E-state index contributed by atoms with van der Waals surface area (Å²) in [5.74, 6) is -0.894. The minimum atomic E-state index is -0.380. The maximum atomic E-state index is 13.2. The second-order valence-electron chi connectivity index (χ2n) is 5.30. The molecule has 2 amide bonds. The molecule has 2 rings (SSSR count). The summed E-state index contributed by atoms with van der Waals surface area (Å²) in [4.78, 5) is 26.6. The van der Waals surface area contributed by atoms with Crippen LogP contribution in [-0.2, 0) is 16.0 Å². The first-order valence-electron chi connectivity index (χ1n) is 7.41. The molecule has 0 aliphatic heterocycles. The number of hydrogen-bond donors (Lipinski definition) is 1. The average molecular weight is 346 g/mol. The molecular formula is C18H19FN2O2S. The van der Waals surface area contributed by atoms with E-state index in [-0.39, 0.29) is 30.6 Å². The van der Waals surface area contributed by atoms with Crippen LogP contribution in [0.3, 0.4) is 0 Å². The summed E-state index contributed by atoms with van der Waals surface area (Å²) in [6.07, 6.45) is 1.99. The molecule has 0 bridgehead atoms. The van der Waals surface area contributed by atoms with Crippen LogP contribution in [-0.4, -0.2) is 36.6 Å². The highest BCUT2D eigenvalue weighted by Crippen LogP contribution is 2.24. The van der Waals surface area contributed by atoms with Crippen molar-refractivity contribution in [3.8, 4) is 0 Å². The van der Waals surface area contributed by atoms with E-state index in [0.29, 0.717) is 5.56 Å². The SMILES string of the molecule is CSc1ccccc1NC(=O)CN(C)C(=O)Cc1cccc(F)c1. The van der Waals surface area contributed by atoms with Crippen molar-refractivity contribution < 1.29 is 14.0 Å². The number of para-hydroxylation sites is 1. The van der Waals surface area contributed by atoms with Gasteiger partial charge in [0.05, 0.1) is 18.7 Å². The van der Waals surface area contributed by atoms with Gasteiger partial charge in [-0.1, -0.05) is 24.3 Å². The van der Waals surface area contributed by atoms with Gasteiger partial charge in [0.15, 0.2) is 0 Å². The summed E-state index contributed by atoms with van der Waals surface area (Å²) in [6.45, 7) is -0.0587. The topological polar surface area (TPSA) is 49.4 Å². The fourth-order valence-corrected chi connectivity index (χ4v) is 2.75. The minimum absolute atomic E-state index is 0.0585. The first-order valence-corrected chi connectivity index (χ1v) is 8.63. The molecule has 0 saturated carbocycles. The molecule has 0 aliphatic rings. The molecular weight excluding hydrogens is 327 g/mol. The lowest BCUT2D eigenvalue weighted by Crippen LogP contribution is -2.35. The molecule has 2 aromatic carbocycles. The van der Waals surface area contributed by atoms with Crippen LogP contribution >= 0.6 is 11.8 Å². The molecule has 0 heterocycles. The molecule has 0 aromatic heterocycles. The number of likely N-dealkylation sites (N-methyl/N-ethyl adjacent to an activating group) is 1. The Bertz CT molecular complexity index is 736. The standard InChI is InChI=1S/C18H19FN2O2S/c1-21(18(23)11-13-6-5-7-14(19)10-13)12-17(22)20-15-8-3-4-9-16(15)24-2/h3-10H,11-12H2,1-2H3,(H,20,22). The van der Waals surface area contributed by atoms with E-state index in [1.807, 2.05) is 30.5 Å². The number of benzene rings is 2. The van der Waals surface area contributed by atoms with Crippen molar-refractivity contribution >= 4 is 29.3 Å². The number of halogens is 1. The average Bonchev–Trinajstić information content (AvgIpc) is 2.55. The first kappa shape index (κ1) is 18.0. The second-order valence-corrected chi connectivity index (χ2v) is 6.15. The summed E-state index contributed by atoms with van der Waals surface area (Å²) >= 11 is 1.53. The maximum absolute atomic E-state index is 13.2. The van der Waals surface area contributed by atoms with Crippen molar-refractivity contribution in [2.45, 2.75) is 11.3 Å². The molecule has 2 aromatic rings. The number of rotatable bonds is 6. The lowest BCUT2D eigenvalue weighted by atomic mass is 10.1. The third kappa shape index (κ3) is 5.09. The van der Waals surface area contributed by atoms with E-state index in [9.17, 15) is 14.0 Å². The third-order valence-electron chi connectivity index (χ3n) is 3.43. The van der Waals surface area contributed by atoms with Gasteiger partial charge in [0.25, 0.3) is 0 Å². The highest BCUT2D eigenvalue weighted by molar-refractivity contribution is 7.98. The van der Waals surface area contributed by atoms with Gasteiger partial charge in [0.1, 0.15) is 5.82 Å². The predicted molar refractivity (Wildman–Crippen MR) is 94.6 cm³/mol. The van der Waals surface area contributed by atoms with Crippen LogP contribution in [0.25, 0.3) is 0 Å². The smallest absolute Gasteiger partial charge is 0.244 e. The van der Waals surface area contributed by atoms with E-state index >= 15 is 0 Å². The Morgan fingerprint density at radius 1 is 1.17 bits per heavy atom. The summed E-state index contributed by atoms with van der Waals surface area (Å²) in [7, 11) is 1.56. The summed E-state index contributed by atoms with van der Waals surface area (Å²) in [6, 6.07) is 13.4. The quantitative estimate of drug-likeness (QED) is 0.817. The molecule has 6 heteroatoms. The normalized spacial score (nSPS) is 10.3. The highest BCUT2D eigenvalue weighted by Gasteiger charge is 2.14. The Morgan fingerprint density at radius 3 is 2.62 bits per heavy atom. The second kappa shape index (κ2) is 8.49. The number of anilines is 1. The predicted octanol–water partition coefficient (Wildman–Crippen LogP) is 3.19. The lowest BCUT2D eigenvalue weighted by Gasteiger charge is -2.17. The molecule has 0 fully saturated rings. The highest BCUT2D eigenvalue weighted by atomic mass is 32.2. The first-order chi connectivity index (χ1) is 11.5. The van der Waals surface area contributed by atoms with Gasteiger partial charge in [0.2, 0.25) is 11.8 Å². The van der Waals surface area contributed by atoms with Crippen molar-refractivity contribution in [1.29, 1.82) is 0 Å². The molecule has 0 atom stereocenters. The van der Waals surface area contributed by atoms with Gasteiger partial charge >= 0.3 is 0 Å². The molecule has 1 N–H and O–H groups in total. The van der Waals surface area contributed by atoms with E-state index in [1.54, 1.807) is 19.2 Å². The molecule has 0 radical (unpaired) electrons. The van der Waals surface area contributed by atoms with Crippen LogP contribution in [0.5, 0.6) is 0 Å². The molecule has 0 unspecified atom stereocenters. The Labute approximate surface area is 145 Å². The zero-order chi connectivity index (χ0) is 17.5. The van der Waals surface area contributed by atoms with Crippen molar-refractivity contribution in [3.05, 3.63) is 59.9 Å². The van der Waals surface area contributed by atoms with E-state index < -0.39 is 0 Å². The van der Waals surface area contributed by atoms with Gasteiger partial charge in [-0.25, -0.2) is 4.39 Å². The number of carbonyl (C=O) groups excluding carboxylic acids is 2. The maximum Gasteiger partial charge on any atom is 0.244 e.